The van der Waals surface area contributed by atoms with Gasteiger partial charge in [0, 0.05) is 45.0 Å². The lowest BCUT2D eigenvalue weighted by Gasteiger charge is -2.34. The number of amides is 2. The Kier molecular flexibility index (Phi) is 6.33. The van der Waals surface area contributed by atoms with Gasteiger partial charge in [-0.1, -0.05) is 0 Å². The highest BCUT2D eigenvalue weighted by Gasteiger charge is 2.24. The number of carbonyl (C=O) groups excluding carboxylic acids is 3. The fourth-order valence-electron chi connectivity index (χ4n) is 2.51. The minimum Gasteiger partial charge on any atom is -0.465 e. The fourth-order valence-corrected chi connectivity index (χ4v) is 2.51. The van der Waals surface area contributed by atoms with Crippen LogP contribution in [0.4, 0.5) is 5.69 Å². The molecule has 1 aromatic rings. The van der Waals surface area contributed by atoms with Gasteiger partial charge in [0.15, 0.2) is 0 Å². The summed E-state index contributed by atoms with van der Waals surface area (Å²) >= 11 is 0. The summed E-state index contributed by atoms with van der Waals surface area (Å²) in [5, 5.41) is 12.1. The largest absolute Gasteiger partial charge is 0.465 e. The molecule has 0 unspecified atom stereocenters. The molecule has 1 aliphatic rings. The third kappa shape index (κ3) is 4.60. The number of methoxy groups -OCH3 is 1. The Morgan fingerprint density at radius 2 is 1.69 bits per heavy atom. The SMILES string of the molecule is COC(=O)c1ccc(N/C=C(/C#N)C(=O)N2CCN(C(C)=O)CC2)cc1. The highest BCUT2D eigenvalue weighted by atomic mass is 16.5. The highest BCUT2D eigenvalue weighted by Crippen LogP contribution is 2.12. The number of piperazine rings is 1. The molecule has 8 heteroatoms. The molecule has 1 saturated heterocycles. The molecule has 1 N–H and O–H groups in total. The van der Waals surface area contributed by atoms with Gasteiger partial charge in [-0.15, -0.1) is 0 Å². The third-order valence-electron chi connectivity index (χ3n) is 4.05. The molecule has 0 radical (unpaired) electrons. The zero-order valence-corrected chi connectivity index (χ0v) is 14.7. The molecule has 0 spiro atoms. The van der Waals surface area contributed by atoms with Crippen LogP contribution >= 0.6 is 0 Å². The highest BCUT2D eigenvalue weighted by molar-refractivity contribution is 5.97. The average Bonchev–Trinajstić information content (AvgIpc) is 2.68. The lowest BCUT2D eigenvalue weighted by Crippen LogP contribution is -2.50. The van der Waals surface area contributed by atoms with E-state index in [4.69, 9.17) is 0 Å². The first-order valence-electron chi connectivity index (χ1n) is 8.06. The second-order valence-corrected chi connectivity index (χ2v) is 5.68. The Hall–Kier alpha value is -3.34. The number of ether oxygens (including phenoxy) is 1. The number of nitrogens with zero attached hydrogens (tertiary/aromatic N) is 3. The summed E-state index contributed by atoms with van der Waals surface area (Å²) < 4.78 is 4.62. The van der Waals surface area contributed by atoms with Gasteiger partial charge < -0.3 is 19.9 Å². The molecule has 0 saturated carbocycles. The number of hydrogen-bond donors (Lipinski definition) is 1. The van der Waals surface area contributed by atoms with Crippen molar-refractivity contribution in [2.45, 2.75) is 6.92 Å². The van der Waals surface area contributed by atoms with E-state index in [9.17, 15) is 19.6 Å². The standard InChI is InChI=1S/C18H20N4O4/c1-13(23)21-7-9-22(10-8-21)17(24)15(11-19)12-20-16-5-3-14(4-6-16)18(25)26-2/h3-6,12,20H,7-10H2,1-2H3/b15-12-. The summed E-state index contributed by atoms with van der Waals surface area (Å²) in [5.74, 6) is -0.843. The molecule has 1 aromatic carbocycles. The van der Waals surface area contributed by atoms with Crippen molar-refractivity contribution in [1.82, 2.24) is 9.80 Å². The molecule has 26 heavy (non-hydrogen) atoms. The number of nitriles is 1. The van der Waals surface area contributed by atoms with Crippen LogP contribution in [0.2, 0.25) is 0 Å². The third-order valence-corrected chi connectivity index (χ3v) is 4.05. The van der Waals surface area contributed by atoms with Crippen molar-refractivity contribution in [2.75, 3.05) is 38.6 Å². The predicted molar refractivity (Wildman–Crippen MR) is 93.9 cm³/mol. The minimum absolute atomic E-state index is 0.0229. The minimum atomic E-state index is -0.440. The van der Waals surface area contributed by atoms with Gasteiger partial charge in [-0.05, 0) is 24.3 Å². The van der Waals surface area contributed by atoms with Crippen LogP contribution in [-0.4, -0.2) is 60.9 Å². The topological polar surface area (TPSA) is 103 Å². The molecule has 0 bridgehead atoms. The van der Waals surface area contributed by atoms with Gasteiger partial charge in [0.2, 0.25) is 5.91 Å². The van der Waals surface area contributed by atoms with Crippen LogP contribution in [0.5, 0.6) is 0 Å². The maximum Gasteiger partial charge on any atom is 0.337 e. The molecule has 1 heterocycles. The molecule has 0 atom stereocenters. The van der Waals surface area contributed by atoms with Crippen LogP contribution < -0.4 is 5.32 Å². The van der Waals surface area contributed by atoms with Crippen molar-refractivity contribution in [3.63, 3.8) is 0 Å². The van der Waals surface area contributed by atoms with Crippen molar-refractivity contribution >= 4 is 23.5 Å². The Labute approximate surface area is 151 Å². The predicted octanol–water partition coefficient (Wildman–Crippen LogP) is 0.983. The number of hydrogen-bond acceptors (Lipinski definition) is 6. The van der Waals surface area contributed by atoms with Gasteiger partial charge in [-0.2, -0.15) is 5.26 Å². The van der Waals surface area contributed by atoms with Crippen LogP contribution in [0.25, 0.3) is 0 Å². The maximum atomic E-state index is 12.4. The van der Waals surface area contributed by atoms with E-state index < -0.39 is 5.97 Å². The Balaban J connectivity index is 1.99. The van der Waals surface area contributed by atoms with Gasteiger partial charge >= 0.3 is 5.97 Å². The van der Waals surface area contributed by atoms with E-state index >= 15 is 0 Å². The van der Waals surface area contributed by atoms with Crippen LogP contribution in [-0.2, 0) is 14.3 Å². The first-order valence-corrected chi connectivity index (χ1v) is 8.06. The van der Waals surface area contributed by atoms with Crippen LogP contribution in [0.15, 0.2) is 36.0 Å². The van der Waals surface area contributed by atoms with Gasteiger partial charge in [-0.3, -0.25) is 9.59 Å². The molecule has 1 aliphatic heterocycles. The molecule has 8 nitrogen and oxygen atoms in total. The van der Waals surface area contributed by atoms with Crippen molar-refractivity contribution in [3.8, 4) is 6.07 Å². The summed E-state index contributed by atoms with van der Waals surface area (Å²) in [7, 11) is 1.30. The average molecular weight is 356 g/mol. The molecule has 2 rings (SSSR count). The van der Waals surface area contributed by atoms with Crippen molar-refractivity contribution in [1.29, 1.82) is 5.26 Å². The Morgan fingerprint density at radius 3 is 2.19 bits per heavy atom. The van der Waals surface area contributed by atoms with Crippen molar-refractivity contribution < 1.29 is 19.1 Å². The lowest BCUT2D eigenvalue weighted by atomic mass is 10.2. The number of benzene rings is 1. The molecular weight excluding hydrogens is 336 g/mol. The zero-order chi connectivity index (χ0) is 19.1. The monoisotopic (exact) mass is 356 g/mol. The first kappa shape index (κ1) is 19.0. The van der Waals surface area contributed by atoms with E-state index in [0.717, 1.165) is 0 Å². The molecule has 2 amide bonds. The van der Waals surface area contributed by atoms with Crippen LogP contribution in [0.1, 0.15) is 17.3 Å². The van der Waals surface area contributed by atoms with Gasteiger partial charge in [0.25, 0.3) is 5.91 Å². The van der Waals surface area contributed by atoms with E-state index in [1.54, 1.807) is 34.1 Å². The van der Waals surface area contributed by atoms with E-state index in [2.05, 4.69) is 10.1 Å². The maximum absolute atomic E-state index is 12.4. The number of carbonyl (C=O) groups is 3. The summed E-state index contributed by atoms with van der Waals surface area (Å²) in [6.45, 7) is 3.20. The fraction of sp³-hybridized carbons (Fsp3) is 0.333. The zero-order valence-electron chi connectivity index (χ0n) is 14.7. The van der Waals surface area contributed by atoms with Crippen molar-refractivity contribution in [2.24, 2.45) is 0 Å². The normalized spacial score (nSPS) is 14.4. The van der Waals surface area contributed by atoms with Gasteiger partial charge in [0.1, 0.15) is 11.6 Å². The number of anilines is 1. The summed E-state index contributed by atoms with van der Waals surface area (Å²) in [6, 6.07) is 8.35. The lowest BCUT2D eigenvalue weighted by molar-refractivity contribution is -0.136. The van der Waals surface area contributed by atoms with Gasteiger partial charge in [-0.25, -0.2) is 4.79 Å². The number of rotatable bonds is 4. The molecular formula is C18H20N4O4. The quantitative estimate of drug-likeness (QED) is 0.490. The molecule has 1 fully saturated rings. The van der Waals surface area contributed by atoms with Crippen LogP contribution in [0.3, 0.4) is 0 Å². The molecule has 136 valence electrons. The smallest absolute Gasteiger partial charge is 0.337 e. The molecule has 0 aliphatic carbocycles. The van der Waals surface area contributed by atoms with Gasteiger partial charge in [0.05, 0.1) is 12.7 Å². The summed E-state index contributed by atoms with van der Waals surface area (Å²) in [4.78, 5) is 38.4. The number of esters is 1. The van der Waals surface area contributed by atoms with E-state index in [1.807, 2.05) is 6.07 Å². The second kappa shape index (κ2) is 8.67. The van der Waals surface area contributed by atoms with E-state index in [0.29, 0.717) is 37.4 Å². The van der Waals surface area contributed by atoms with Crippen molar-refractivity contribution in [3.05, 3.63) is 41.6 Å². The summed E-state index contributed by atoms with van der Waals surface area (Å²) in [6.07, 6.45) is 1.34. The van der Waals surface area contributed by atoms with E-state index in [-0.39, 0.29) is 17.4 Å². The molecule has 0 aromatic heterocycles. The second-order valence-electron chi connectivity index (χ2n) is 5.68. The van der Waals surface area contributed by atoms with Crippen LogP contribution in [0, 0.1) is 11.3 Å². The Bertz CT molecular complexity index is 756. The van der Waals surface area contributed by atoms with E-state index in [1.165, 1.54) is 20.2 Å². The number of nitrogens with one attached hydrogen (secondary N) is 1. The first-order chi connectivity index (χ1) is 12.5. The summed E-state index contributed by atoms with van der Waals surface area (Å²) in [5.41, 5.74) is 1.000. The Morgan fingerprint density at radius 1 is 1.12 bits per heavy atom.